The standard InChI is InChI=1S/C11H11ClN4O/c12-5-8-1-3-9(4-2-8)6-13-11(17)10-7-14-16-15-10/h1-4,7H,5-6H2,(H,13,17)(H,14,15,16). The van der Waals surface area contributed by atoms with Crippen LogP contribution in [0.1, 0.15) is 21.6 Å². The number of hydrogen-bond donors (Lipinski definition) is 2. The summed E-state index contributed by atoms with van der Waals surface area (Å²) in [6.07, 6.45) is 1.38. The molecule has 1 heterocycles. The molecule has 1 amide bonds. The van der Waals surface area contributed by atoms with Crippen molar-refractivity contribution in [1.82, 2.24) is 20.7 Å². The number of amides is 1. The van der Waals surface area contributed by atoms with Gasteiger partial charge in [0.15, 0.2) is 5.69 Å². The minimum absolute atomic E-state index is 0.250. The van der Waals surface area contributed by atoms with E-state index in [1.165, 1.54) is 6.20 Å². The molecule has 0 radical (unpaired) electrons. The first-order chi connectivity index (χ1) is 8.29. The van der Waals surface area contributed by atoms with Crippen molar-refractivity contribution in [3.05, 3.63) is 47.3 Å². The molecular weight excluding hydrogens is 240 g/mol. The van der Waals surface area contributed by atoms with Crippen LogP contribution < -0.4 is 5.32 Å². The number of aromatic amines is 1. The Bertz CT molecular complexity index is 481. The Morgan fingerprint density at radius 2 is 2.00 bits per heavy atom. The topological polar surface area (TPSA) is 70.7 Å². The second-order valence-corrected chi connectivity index (χ2v) is 3.76. The first-order valence-corrected chi connectivity index (χ1v) is 5.61. The molecule has 0 fully saturated rings. The number of aromatic nitrogens is 3. The number of alkyl halides is 1. The van der Waals surface area contributed by atoms with Crippen LogP contribution in [0.5, 0.6) is 0 Å². The van der Waals surface area contributed by atoms with Crippen LogP contribution in [0, 0.1) is 0 Å². The van der Waals surface area contributed by atoms with Crippen molar-refractivity contribution in [2.75, 3.05) is 0 Å². The van der Waals surface area contributed by atoms with Gasteiger partial charge >= 0.3 is 0 Å². The van der Waals surface area contributed by atoms with Crippen LogP contribution in [0.15, 0.2) is 30.5 Å². The van der Waals surface area contributed by atoms with Gasteiger partial charge in [-0.05, 0) is 11.1 Å². The summed E-state index contributed by atoms with van der Waals surface area (Å²) in [6, 6.07) is 7.73. The second kappa shape index (κ2) is 5.45. The molecule has 2 rings (SSSR count). The Kier molecular flexibility index (Phi) is 3.72. The molecule has 0 saturated carbocycles. The van der Waals surface area contributed by atoms with Crippen LogP contribution >= 0.6 is 11.6 Å². The minimum atomic E-state index is -0.250. The monoisotopic (exact) mass is 250 g/mol. The van der Waals surface area contributed by atoms with E-state index in [0.29, 0.717) is 12.4 Å². The van der Waals surface area contributed by atoms with Crippen molar-refractivity contribution in [2.24, 2.45) is 0 Å². The SMILES string of the molecule is O=C(NCc1ccc(CCl)cc1)c1cn[nH]n1. The summed E-state index contributed by atoms with van der Waals surface area (Å²) in [5.41, 5.74) is 2.34. The summed E-state index contributed by atoms with van der Waals surface area (Å²) in [5, 5.41) is 12.4. The van der Waals surface area contributed by atoms with E-state index in [9.17, 15) is 4.79 Å². The van der Waals surface area contributed by atoms with Crippen LogP contribution in [0.25, 0.3) is 0 Å². The van der Waals surface area contributed by atoms with Crippen molar-refractivity contribution >= 4 is 17.5 Å². The van der Waals surface area contributed by atoms with Crippen LogP contribution in [0.4, 0.5) is 0 Å². The Morgan fingerprint density at radius 3 is 2.59 bits per heavy atom. The molecule has 17 heavy (non-hydrogen) atoms. The average molecular weight is 251 g/mol. The van der Waals surface area contributed by atoms with Crippen molar-refractivity contribution in [1.29, 1.82) is 0 Å². The molecule has 88 valence electrons. The molecule has 2 aromatic rings. The predicted octanol–water partition coefficient (Wildman–Crippen LogP) is 1.47. The largest absolute Gasteiger partial charge is 0.347 e. The molecule has 0 saturated heterocycles. The van der Waals surface area contributed by atoms with Crippen LogP contribution in [-0.2, 0) is 12.4 Å². The number of halogens is 1. The lowest BCUT2D eigenvalue weighted by Gasteiger charge is -2.03. The molecule has 0 unspecified atom stereocenters. The summed E-state index contributed by atoms with van der Waals surface area (Å²) in [5.74, 6) is 0.242. The van der Waals surface area contributed by atoms with E-state index >= 15 is 0 Å². The summed E-state index contributed by atoms with van der Waals surface area (Å²) >= 11 is 5.69. The highest BCUT2D eigenvalue weighted by molar-refractivity contribution is 6.17. The number of H-pyrrole nitrogens is 1. The van der Waals surface area contributed by atoms with Crippen molar-refractivity contribution in [3.8, 4) is 0 Å². The molecular formula is C11H11ClN4O. The van der Waals surface area contributed by atoms with Crippen molar-refractivity contribution in [3.63, 3.8) is 0 Å². The number of carbonyl (C=O) groups excluding carboxylic acids is 1. The maximum Gasteiger partial charge on any atom is 0.273 e. The van der Waals surface area contributed by atoms with Gasteiger partial charge in [0, 0.05) is 12.4 Å². The van der Waals surface area contributed by atoms with E-state index < -0.39 is 0 Å². The first kappa shape index (κ1) is 11.6. The molecule has 2 N–H and O–H groups in total. The molecule has 0 bridgehead atoms. The number of benzene rings is 1. The molecule has 0 aliphatic carbocycles. The van der Waals surface area contributed by atoms with E-state index in [4.69, 9.17) is 11.6 Å². The highest BCUT2D eigenvalue weighted by atomic mass is 35.5. The Hall–Kier alpha value is -1.88. The third-order valence-electron chi connectivity index (χ3n) is 2.28. The highest BCUT2D eigenvalue weighted by Gasteiger charge is 2.07. The van der Waals surface area contributed by atoms with E-state index in [2.05, 4.69) is 20.7 Å². The van der Waals surface area contributed by atoms with Crippen LogP contribution in [0.3, 0.4) is 0 Å². The molecule has 0 aliphatic rings. The van der Waals surface area contributed by atoms with E-state index in [-0.39, 0.29) is 11.6 Å². The van der Waals surface area contributed by atoms with Crippen LogP contribution in [-0.4, -0.2) is 21.3 Å². The third kappa shape index (κ3) is 3.04. The summed E-state index contributed by atoms with van der Waals surface area (Å²) in [7, 11) is 0. The predicted molar refractivity (Wildman–Crippen MR) is 63.6 cm³/mol. The average Bonchev–Trinajstić information content (AvgIpc) is 2.90. The molecule has 0 aliphatic heterocycles. The molecule has 6 heteroatoms. The van der Waals surface area contributed by atoms with Crippen molar-refractivity contribution in [2.45, 2.75) is 12.4 Å². The summed E-state index contributed by atoms with van der Waals surface area (Å²) < 4.78 is 0. The zero-order valence-electron chi connectivity index (χ0n) is 8.98. The van der Waals surface area contributed by atoms with Gasteiger partial charge in [0.25, 0.3) is 5.91 Å². The molecule has 5 nitrogen and oxygen atoms in total. The number of hydrogen-bond acceptors (Lipinski definition) is 3. The molecule has 0 spiro atoms. The highest BCUT2D eigenvalue weighted by Crippen LogP contribution is 2.06. The van der Waals surface area contributed by atoms with Crippen molar-refractivity contribution < 1.29 is 4.79 Å². The fraction of sp³-hybridized carbons (Fsp3) is 0.182. The number of nitrogens with one attached hydrogen (secondary N) is 2. The Morgan fingerprint density at radius 1 is 1.29 bits per heavy atom. The van der Waals surface area contributed by atoms with Gasteiger partial charge < -0.3 is 5.32 Å². The molecule has 0 atom stereocenters. The number of carbonyl (C=O) groups is 1. The summed E-state index contributed by atoms with van der Waals surface area (Å²) in [4.78, 5) is 11.5. The maximum atomic E-state index is 11.5. The molecule has 1 aromatic heterocycles. The zero-order chi connectivity index (χ0) is 12.1. The lowest BCUT2D eigenvalue weighted by Crippen LogP contribution is -2.23. The second-order valence-electron chi connectivity index (χ2n) is 3.49. The lowest BCUT2D eigenvalue weighted by molar-refractivity contribution is 0.0946. The van der Waals surface area contributed by atoms with E-state index in [0.717, 1.165) is 11.1 Å². The quantitative estimate of drug-likeness (QED) is 0.808. The van der Waals surface area contributed by atoms with Gasteiger partial charge in [0.2, 0.25) is 0 Å². The smallest absolute Gasteiger partial charge is 0.273 e. The minimum Gasteiger partial charge on any atom is -0.347 e. The zero-order valence-corrected chi connectivity index (χ0v) is 9.74. The van der Waals surface area contributed by atoms with E-state index in [1.807, 2.05) is 24.3 Å². The van der Waals surface area contributed by atoms with Gasteiger partial charge in [-0.2, -0.15) is 15.4 Å². The Balaban J connectivity index is 1.91. The number of rotatable bonds is 4. The van der Waals surface area contributed by atoms with Gasteiger partial charge in [-0.15, -0.1) is 11.6 Å². The molecule has 1 aromatic carbocycles. The van der Waals surface area contributed by atoms with Gasteiger partial charge in [-0.1, -0.05) is 24.3 Å². The third-order valence-corrected chi connectivity index (χ3v) is 2.59. The summed E-state index contributed by atoms with van der Waals surface area (Å²) in [6.45, 7) is 0.453. The van der Waals surface area contributed by atoms with E-state index in [1.54, 1.807) is 0 Å². The first-order valence-electron chi connectivity index (χ1n) is 5.07. The van der Waals surface area contributed by atoms with Gasteiger partial charge in [-0.3, -0.25) is 4.79 Å². The van der Waals surface area contributed by atoms with Crippen LogP contribution in [0.2, 0.25) is 0 Å². The van der Waals surface area contributed by atoms with Gasteiger partial charge in [0.1, 0.15) is 0 Å². The maximum absolute atomic E-state index is 11.5. The normalized spacial score (nSPS) is 10.2. The fourth-order valence-electron chi connectivity index (χ4n) is 1.33. The van der Waals surface area contributed by atoms with Gasteiger partial charge in [-0.25, -0.2) is 0 Å². The lowest BCUT2D eigenvalue weighted by atomic mass is 10.1. The fourth-order valence-corrected chi connectivity index (χ4v) is 1.51. The number of nitrogens with zero attached hydrogens (tertiary/aromatic N) is 2. The van der Waals surface area contributed by atoms with Gasteiger partial charge in [0.05, 0.1) is 6.20 Å². The Labute approximate surface area is 103 Å².